The smallest absolute Gasteiger partial charge is 0.337 e. The van der Waals surface area contributed by atoms with E-state index in [4.69, 9.17) is 16.3 Å². The Morgan fingerprint density at radius 1 is 1.16 bits per heavy atom. The van der Waals surface area contributed by atoms with Gasteiger partial charge in [0.1, 0.15) is 11.4 Å². The molecule has 31 heavy (non-hydrogen) atoms. The van der Waals surface area contributed by atoms with Crippen LogP contribution in [0.2, 0.25) is 5.02 Å². The van der Waals surface area contributed by atoms with Gasteiger partial charge in [0.25, 0.3) is 0 Å². The third-order valence-corrected chi connectivity index (χ3v) is 6.46. The first-order valence-corrected chi connectivity index (χ1v) is 11.1. The summed E-state index contributed by atoms with van der Waals surface area (Å²) in [6.07, 6.45) is 1.74. The molecule has 1 unspecified atom stereocenters. The van der Waals surface area contributed by atoms with Gasteiger partial charge in [-0.15, -0.1) is 11.3 Å². The lowest BCUT2D eigenvalue weighted by Crippen LogP contribution is -2.31. The second kappa shape index (κ2) is 8.65. The molecular weight excluding hydrogens is 432 g/mol. The van der Waals surface area contributed by atoms with E-state index in [1.54, 1.807) is 18.3 Å². The van der Waals surface area contributed by atoms with E-state index in [1.165, 1.54) is 18.3 Å². The molecule has 5 nitrogen and oxygen atoms in total. The van der Waals surface area contributed by atoms with E-state index < -0.39 is 11.9 Å². The fraction of sp³-hybridized carbons (Fsp3) is 0.208. The Labute approximate surface area is 189 Å². The van der Waals surface area contributed by atoms with Crippen molar-refractivity contribution in [2.75, 3.05) is 0 Å². The molecule has 158 valence electrons. The molecule has 0 radical (unpaired) electrons. The zero-order valence-electron chi connectivity index (χ0n) is 17.4. The number of allylic oxidation sites excluding steroid dienone is 3. The number of Topliss-reactive ketones (excluding diaryl/α,β-unsaturated/α-hetero) is 1. The fourth-order valence-electron chi connectivity index (χ4n) is 4.01. The molecule has 0 saturated heterocycles. The summed E-state index contributed by atoms with van der Waals surface area (Å²) in [5.41, 5.74) is 4.08. The predicted molar refractivity (Wildman–Crippen MR) is 123 cm³/mol. The maximum absolute atomic E-state index is 13.3. The first-order valence-electron chi connectivity index (χ1n) is 9.80. The molecule has 2 aromatic heterocycles. The predicted octanol–water partition coefficient (Wildman–Crippen LogP) is 5.52. The Kier molecular flexibility index (Phi) is 5.94. The maximum atomic E-state index is 13.3. The molecule has 0 aliphatic carbocycles. The molecule has 1 N–H and O–H groups in total. The summed E-state index contributed by atoms with van der Waals surface area (Å²) < 4.78 is 5.66. The van der Waals surface area contributed by atoms with Gasteiger partial charge in [0, 0.05) is 39.5 Å². The second-order valence-corrected chi connectivity index (χ2v) is 8.74. The van der Waals surface area contributed by atoms with Crippen molar-refractivity contribution in [3.63, 3.8) is 0 Å². The fourth-order valence-corrected chi connectivity index (χ4v) is 5.16. The summed E-state index contributed by atoms with van der Waals surface area (Å²) >= 11 is 7.53. The van der Waals surface area contributed by atoms with Crippen molar-refractivity contribution in [2.45, 2.75) is 33.3 Å². The molecule has 0 spiro atoms. The largest absolute Gasteiger partial charge is 0.457 e. The van der Waals surface area contributed by atoms with Crippen LogP contribution in [-0.2, 0) is 20.9 Å². The van der Waals surface area contributed by atoms with E-state index in [0.29, 0.717) is 21.9 Å². The molecule has 1 atom stereocenters. The number of thiophene rings is 1. The van der Waals surface area contributed by atoms with Crippen LogP contribution in [0.5, 0.6) is 0 Å². The average Bonchev–Trinajstić information content (AvgIpc) is 3.15. The van der Waals surface area contributed by atoms with Gasteiger partial charge in [-0.05, 0) is 55.5 Å². The Morgan fingerprint density at radius 2 is 1.94 bits per heavy atom. The zero-order valence-corrected chi connectivity index (χ0v) is 18.9. The highest BCUT2D eigenvalue weighted by molar-refractivity contribution is 7.16. The van der Waals surface area contributed by atoms with Gasteiger partial charge in [0.05, 0.1) is 5.57 Å². The van der Waals surface area contributed by atoms with Crippen LogP contribution < -0.4 is 5.32 Å². The molecule has 0 fully saturated rings. The topological polar surface area (TPSA) is 68.3 Å². The van der Waals surface area contributed by atoms with Crippen LogP contribution in [0.4, 0.5) is 0 Å². The van der Waals surface area contributed by atoms with Crippen molar-refractivity contribution >= 4 is 44.9 Å². The summed E-state index contributed by atoms with van der Waals surface area (Å²) in [6, 6.07) is 11.0. The summed E-state index contributed by atoms with van der Waals surface area (Å²) in [6.45, 7) is 5.30. The number of hydrogen-bond acceptors (Lipinski definition) is 6. The lowest BCUT2D eigenvalue weighted by Gasteiger charge is -2.30. The highest BCUT2D eigenvalue weighted by atomic mass is 35.5. The molecule has 1 aliphatic heterocycles. The summed E-state index contributed by atoms with van der Waals surface area (Å²) in [5, 5.41) is 6.68. The quantitative estimate of drug-likeness (QED) is 0.516. The number of pyridine rings is 1. The first kappa shape index (κ1) is 21.3. The molecule has 0 bridgehead atoms. The number of ketones is 1. The molecule has 0 amide bonds. The van der Waals surface area contributed by atoms with Gasteiger partial charge in [0.15, 0.2) is 5.78 Å². The summed E-state index contributed by atoms with van der Waals surface area (Å²) in [7, 11) is 0. The second-order valence-electron chi connectivity index (χ2n) is 7.44. The van der Waals surface area contributed by atoms with Crippen LogP contribution in [0.15, 0.2) is 70.5 Å². The van der Waals surface area contributed by atoms with E-state index in [9.17, 15) is 9.59 Å². The number of benzene rings is 1. The number of nitrogens with one attached hydrogen (secondary N) is 1. The van der Waals surface area contributed by atoms with Crippen LogP contribution in [0, 0.1) is 0 Å². The van der Waals surface area contributed by atoms with Crippen LogP contribution >= 0.6 is 22.9 Å². The van der Waals surface area contributed by atoms with E-state index in [0.717, 1.165) is 27.0 Å². The van der Waals surface area contributed by atoms with Crippen molar-refractivity contribution in [1.29, 1.82) is 0 Å². The number of aromatic nitrogens is 1. The van der Waals surface area contributed by atoms with Gasteiger partial charge < -0.3 is 10.1 Å². The number of esters is 1. The van der Waals surface area contributed by atoms with Gasteiger partial charge in [-0.25, -0.2) is 9.78 Å². The molecule has 1 aliphatic rings. The van der Waals surface area contributed by atoms with Gasteiger partial charge in [0.2, 0.25) is 0 Å². The molecule has 3 aromatic rings. The Morgan fingerprint density at radius 3 is 2.68 bits per heavy atom. The lowest BCUT2D eigenvalue weighted by atomic mass is 9.79. The van der Waals surface area contributed by atoms with Crippen LogP contribution in [0.3, 0.4) is 0 Å². The van der Waals surface area contributed by atoms with Crippen molar-refractivity contribution in [2.24, 2.45) is 0 Å². The van der Waals surface area contributed by atoms with Gasteiger partial charge in [-0.3, -0.25) is 4.79 Å². The molecule has 0 saturated carbocycles. The SMILES string of the molecule is CC(=O)C1=C(C)NC(C)=C(C(=O)OCc2cccc(Cl)c2)C1c1csc2ncccc12. The minimum Gasteiger partial charge on any atom is -0.457 e. The summed E-state index contributed by atoms with van der Waals surface area (Å²) in [5.74, 6) is -1.08. The van der Waals surface area contributed by atoms with Gasteiger partial charge in [-0.2, -0.15) is 0 Å². The summed E-state index contributed by atoms with van der Waals surface area (Å²) in [4.78, 5) is 31.2. The molecule has 4 rings (SSSR count). The van der Waals surface area contributed by atoms with Crippen molar-refractivity contribution < 1.29 is 14.3 Å². The highest BCUT2D eigenvalue weighted by Gasteiger charge is 2.37. The first-order chi connectivity index (χ1) is 14.9. The number of ether oxygens (including phenoxy) is 1. The Hall–Kier alpha value is -2.96. The molecule has 1 aromatic carbocycles. The standard InChI is InChI=1S/C24H21ClN2O3S/c1-13-20(15(3)28)22(19-12-31-23-18(19)8-5-9-26-23)21(14(2)27-13)24(29)30-11-16-6-4-7-17(25)10-16/h4-10,12,22,27H,11H2,1-3H3. The zero-order chi connectivity index (χ0) is 22.1. The normalized spacial score (nSPS) is 16.5. The number of dihydropyridines is 1. The monoisotopic (exact) mass is 452 g/mol. The minimum atomic E-state index is -0.524. The minimum absolute atomic E-state index is 0.0902. The average molecular weight is 453 g/mol. The highest BCUT2D eigenvalue weighted by Crippen LogP contribution is 2.43. The van der Waals surface area contributed by atoms with E-state index >= 15 is 0 Å². The van der Waals surface area contributed by atoms with Crippen molar-refractivity contribution in [3.05, 3.63) is 86.7 Å². The van der Waals surface area contributed by atoms with Crippen molar-refractivity contribution in [1.82, 2.24) is 10.3 Å². The number of carbonyl (C=O) groups is 2. The number of carbonyl (C=O) groups excluding carboxylic acids is 2. The van der Waals surface area contributed by atoms with E-state index in [2.05, 4.69) is 10.3 Å². The maximum Gasteiger partial charge on any atom is 0.337 e. The van der Waals surface area contributed by atoms with Gasteiger partial charge >= 0.3 is 5.97 Å². The Balaban J connectivity index is 1.76. The van der Waals surface area contributed by atoms with Crippen LogP contribution in [-0.4, -0.2) is 16.7 Å². The van der Waals surface area contributed by atoms with E-state index in [1.807, 2.05) is 43.5 Å². The van der Waals surface area contributed by atoms with Crippen LogP contribution in [0.1, 0.15) is 37.8 Å². The lowest BCUT2D eigenvalue weighted by molar-refractivity contribution is -0.140. The molecule has 3 heterocycles. The van der Waals surface area contributed by atoms with Gasteiger partial charge in [-0.1, -0.05) is 29.8 Å². The van der Waals surface area contributed by atoms with E-state index in [-0.39, 0.29) is 12.4 Å². The number of halogens is 1. The third-order valence-electron chi connectivity index (χ3n) is 5.31. The number of fused-ring (bicyclic) bond motifs is 1. The van der Waals surface area contributed by atoms with Crippen LogP contribution in [0.25, 0.3) is 10.2 Å². The number of hydrogen-bond donors (Lipinski definition) is 1. The third kappa shape index (κ3) is 4.13. The van der Waals surface area contributed by atoms with Crippen molar-refractivity contribution in [3.8, 4) is 0 Å². The molecular formula is C24H21ClN2O3S. The molecule has 7 heteroatoms. The Bertz CT molecular complexity index is 1260. The number of rotatable bonds is 5. The number of nitrogens with zero attached hydrogens (tertiary/aromatic N) is 1.